The number of nitrogens with two attached hydrogens (primary N) is 1. The van der Waals surface area contributed by atoms with E-state index in [4.69, 9.17) is 43.1 Å². The summed E-state index contributed by atoms with van der Waals surface area (Å²) in [6.45, 7) is 5.14. The zero-order chi connectivity index (χ0) is 16.4. The van der Waals surface area contributed by atoms with Gasteiger partial charge in [-0.1, -0.05) is 0 Å². The number of carbonyl (C=O) groups excluding carboxylic acids is 1. The molecule has 0 radical (unpaired) electrons. The van der Waals surface area contributed by atoms with E-state index in [0.717, 1.165) is 0 Å². The average molecular weight is 352 g/mol. The smallest absolute Gasteiger partial charge is 0.338 e. The SMILES string of the molecule is CC1(C)O[C@@H]2[C@@H]3C(=C(O)C[C@H]2O1)C(=O)O[C@](C)(C(Cl)Cl)[C@@H]3N. The fourth-order valence-electron chi connectivity index (χ4n) is 3.49. The lowest BCUT2D eigenvalue weighted by molar-refractivity contribution is -0.172. The number of alkyl halides is 2. The third kappa shape index (κ3) is 2.24. The van der Waals surface area contributed by atoms with Crippen LogP contribution in [0.3, 0.4) is 0 Å². The molecule has 3 aliphatic rings. The van der Waals surface area contributed by atoms with Gasteiger partial charge < -0.3 is 25.1 Å². The second-order valence-corrected chi connectivity index (χ2v) is 7.72. The van der Waals surface area contributed by atoms with Gasteiger partial charge in [0, 0.05) is 12.3 Å². The third-order valence-electron chi connectivity index (χ3n) is 4.63. The molecule has 0 aromatic rings. The van der Waals surface area contributed by atoms with Gasteiger partial charge in [0.25, 0.3) is 0 Å². The highest BCUT2D eigenvalue weighted by molar-refractivity contribution is 6.45. The number of cyclic esters (lactones) is 1. The summed E-state index contributed by atoms with van der Waals surface area (Å²) < 4.78 is 17.1. The Morgan fingerprint density at radius 2 is 1.95 bits per heavy atom. The number of halogens is 2. The maximum absolute atomic E-state index is 12.3. The predicted octanol–water partition coefficient (Wildman–Crippen LogP) is 1.78. The summed E-state index contributed by atoms with van der Waals surface area (Å²) in [7, 11) is 0. The lowest BCUT2D eigenvalue weighted by Crippen LogP contribution is -2.65. The van der Waals surface area contributed by atoms with Crippen molar-refractivity contribution in [2.45, 2.75) is 61.7 Å². The van der Waals surface area contributed by atoms with E-state index in [9.17, 15) is 9.90 Å². The van der Waals surface area contributed by atoms with Crippen molar-refractivity contribution in [3.8, 4) is 0 Å². The first kappa shape index (κ1) is 16.3. The Kier molecular flexibility index (Phi) is 3.70. The summed E-state index contributed by atoms with van der Waals surface area (Å²) >= 11 is 12.0. The second-order valence-electron chi connectivity index (χ2n) is 6.63. The zero-order valence-corrected chi connectivity index (χ0v) is 14.0. The van der Waals surface area contributed by atoms with Gasteiger partial charge in [-0.15, -0.1) is 23.2 Å². The van der Waals surface area contributed by atoms with E-state index in [1.807, 2.05) is 0 Å². The molecule has 2 fully saturated rings. The molecular weight excluding hydrogens is 333 g/mol. The molecule has 0 amide bonds. The van der Waals surface area contributed by atoms with Gasteiger partial charge in [0.2, 0.25) is 0 Å². The molecule has 0 aromatic carbocycles. The van der Waals surface area contributed by atoms with Crippen LogP contribution in [0.2, 0.25) is 0 Å². The molecular formula is C14H19Cl2NO5. The van der Waals surface area contributed by atoms with Crippen LogP contribution >= 0.6 is 23.2 Å². The van der Waals surface area contributed by atoms with Crippen molar-refractivity contribution in [1.82, 2.24) is 0 Å². The monoisotopic (exact) mass is 351 g/mol. The Bertz CT molecular complexity index is 549. The molecule has 0 unspecified atom stereocenters. The van der Waals surface area contributed by atoms with E-state index >= 15 is 0 Å². The van der Waals surface area contributed by atoms with E-state index in [1.54, 1.807) is 20.8 Å². The number of aliphatic hydroxyl groups is 1. The van der Waals surface area contributed by atoms with Crippen molar-refractivity contribution in [2.24, 2.45) is 11.7 Å². The van der Waals surface area contributed by atoms with E-state index in [0.29, 0.717) is 0 Å². The van der Waals surface area contributed by atoms with Gasteiger partial charge in [-0.2, -0.15) is 0 Å². The van der Waals surface area contributed by atoms with Crippen LogP contribution in [-0.4, -0.2) is 45.6 Å². The summed E-state index contributed by atoms with van der Waals surface area (Å²) in [6, 6.07) is -0.729. The second kappa shape index (κ2) is 4.98. The van der Waals surface area contributed by atoms with Crippen LogP contribution in [0.1, 0.15) is 27.2 Å². The molecule has 22 heavy (non-hydrogen) atoms. The largest absolute Gasteiger partial charge is 0.512 e. The van der Waals surface area contributed by atoms with Crippen molar-refractivity contribution in [2.75, 3.05) is 0 Å². The molecule has 0 spiro atoms. The molecule has 0 bridgehead atoms. The highest BCUT2D eigenvalue weighted by Crippen LogP contribution is 2.49. The Morgan fingerprint density at radius 3 is 2.55 bits per heavy atom. The predicted molar refractivity (Wildman–Crippen MR) is 79.6 cm³/mol. The first-order valence-electron chi connectivity index (χ1n) is 7.11. The molecule has 0 saturated carbocycles. The molecule has 2 aliphatic heterocycles. The number of hydrogen-bond donors (Lipinski definition) is 2. The van der Waals surface area contributed by atoms with Gasteiger partial charge in [0.1, 0.15) is 10.6 Å². The standard InChI is InChI=1S/C14H19Cl2NO5/c1-13(2)20-6-4-5(18)7-8(9(6)21-13)10(17)14(3,12(15)16)22-11(7)19/h6,8-10,12,18H,4,17H2,1-3H3/t6-,8+,9+,10-,14+/m1/s1. The fourth-order valence-corrected chi connectivity index (χ4v) is 3.87. The molecule has 124 valence electrons. The topological polar surface area (TPSA) is 91.0 Å². The first-order chi connectivity index (χ1) is 10.1. The molecule has 0 aromatic heterocycles. The summed E-state index contributed by atoms with van der Waals surface area (Å²) in [5.74, 6) is -2.14. The lowest BCUT2D eigenvalue weighted by Gasteiger charge is -2.48. The van der Waals surface area contributed by atoms with Crippen LogP contribution in [0, 0.1) is 5.92 Å². The molecule has 3 rings (SSSR count). The Balaban J connectivity index is 2.06. The van der Waals surface area contributed by atoms with Gasteiger partial charge in [-0.25, -0.2) is 4.79 Å². The Morgan fingerprint density at radius 1 is 1.32 bits per heavy atom. The van der Waals surface area contributed by atoms with Gasteiger partial charge >= 0.3 is 5.97 Å². The average Bonchev–Trinajstić information content (AvgIpc) is 2.68. The van der Waals surface area contributed by atoms with Gasteiger partial charge in [-0.3, -0.25) is 0 Å². The Hall–Kier alpha value is -0.530. The fraction of sp³-hybridized carbons (Fsp3) is 0.786. The molecule has 2 heterocycles. The minimum Gasteiger partial charge on any atom is -0.512 e. The maximum Gasteiger partial charge on any atom is 0.338 e. The van der Waals surface area contributed by atoms with Gasteiger partial charge in [0.05, 0.1) is 23.8 Å². The highest BCUT2D eigenvalue weighted by atomic mass is 35.5. The molecule has 6 nitrogen and oxygen atoms in total. The number of fused-ring (bicyclic) bond motifs is 3. The van der Waals surface area contributed by atoms with E-state index < -0.39 is 40.3 Å². The molecule has 8 heteroatoms. The number of rotatable bonds is 1. The van der Waals surface area contributed by atoms with E-state index in [2.05, 4.69) is 0 Å². The minimum absolute atomic E-state index is 0.0734. The highest BCUT2D eigenvalue weighted by Gasteiger charge is 2.61. The number of hydrogen-bond acceptors (Lipinski definition) is 6. The van der Waals surface area contributed by atoms with Gasteiger partial charge in [-0.05, 0) is 20.8 Å². The maximum atomic E-state index is 12.3. The van der Waals surface area contributed by atoms with Crippen molar-refractivity contribution in [3.63, 3.8) is 0 Å². The van der Waals surface area contributed by atoms with Crippen molar-refractivity contribution < 1.29 is 24.1 Å². The van der Waals surface area contributed by atoms with Crippen LogP contribution in [0.25, 0.3) is 0 Å². The number of esters is 1. The van der Waals surface area contributed by atoms with Crippen LogP contribution < -0.4 is 5.73 Å². The quantitative estimate of drug-likeness (QED) is 0.552. The van der Waals surface area contributed by atoms with Crippen LogP contribution in [-0.2, 0) is 19.0 Å². The molecule has 3 N–H and O–H groups in total. The third-order valence-corrected chi connectivity index (χ3v) is 5.50. The lowest BCUT2D eigenvalue weighted by atomic mass is 9.71. The van der Waals surface area contributed by atoms with Crippen LogP contribution in [0.5, 0.6) is 0 Å². The van der Waals surface area contributed by atoms with Crippen molar-refractivity contribution in [3.05, 3.63) is 11.3 Å². The summed E-state index contributed by atoms with van der Waals surface area (Å²) in [4.78, 5) is 11.3. The van der Waals surface area contributed by atoms with Crippen LogP contribution in [0.4, 0.5) is 0 Å². The molecule has 1 aliphatic carbocycles. The van der Waals surface area contributed by atoms with Gasteiger partial charge in [0.15, 0.2) is 11.4 Å². The summed E-state index contributed by atoms with van der Waals surface area (Å²) in [5, 5.41) is 10.2. The number of carbonyl (C=O) groups is 1. The first-order valence-corrected chi connectivity index (χ1v) is 7.99. The van der Waals surface area contributed by atoms with Crippen molar-refractivity contribution in [1.29, 1.82) is 0 Å². The molecule has 2 saturated heterocycles. The number of aliphatic hydroxyl groups excluding tert-OH is 1. The van der Waals surface area contributed by atoms with Crippen molar-refractivity contribution >= 4 is 29.2 Å². The summed E-state index contributed by atoms with van der Waals surface area (Å²) in [5.41, 5.74) is 5.18. The minimum atomic E-state index is -1.27. The Labute approximate surface area is 138 Å². The van der Waals surface area contributed by atoms with Crippen LogP contribution in [0.15, 0.2) is 11.3 Å². The zero-order valence-electron chi connectivity index (χ0n) is 12.5. The number of ether oxygens (including phenoxy) is 3. The summed E-state index contributed by atoms with van der Waals surface area (Å²) in [6.07, 6.45) is -0.659. The molecule has 5 atom stereocenters. The van der Waals surface area contributed by atoms with E-state index in [1.165, 1.54) is 0 Å². The van der Waals surface area contributed by atoms with E-state index in [-0.39, 0.29) is 23.9 Å². The normalized spacial score (nSPS) is 43.9.